The summed E-state index contributed by atoms with van der Waals surface area (Å²) in [5, 5.41) is 5.46. The van der Waals surface area contributed by atoms with Crippen LogP contribution in [0.1, 0.15) is 59.8 Å². The molecule has 1 saturated carbocycles. The monoisotopic (exact) mass is 467 g/mol. The number of hydrogen-bond donors (Lipinski definition) is 2. The van der Waals surface area contributed by atoms with Crippen molar-refractivity contribution in [1.82, 2.24) is 10.2 Å². The van der Waals surface area contributed by atoms with Crippen molar-refractivity contribution in [3.05, 3.63) is 30.1 Å². The zero-order valence-electron chi connectivity index (χ0n) is 19.3. The molecular weight excluding hydrogens is 433 g/mol. The van der Waals surface area contributed by atoms with Gasteiger partial charge >= 0.3 is 0 Å². The van der Waals surface area contributed by atoms with E-state index in [0.717, 1.165) is 32.1 Å². The van der Waals surface area contributed by atoms with Crippen molar-refractivity contribution >= 4 is 34.2 Å². The van der Waals surface area contributed by atoms with Crippen LogP contribution in [0.15, 0.2) is 24.3 Å². The number of amides is 3. The number of carbonyl (C=O) groups is 3. The van der Waals surface area contributed by atoms with Gasteiger partial charge in [-0.05, 0) is 64.8 Å². The molecule has 0 radical (unpaired) electrons. The van der Waals surface area contributed by atoms with Crippen LogP contribution in [0.25, 0.3) is 0 Å². The molecule has 0 unspecified atom stereocenters. The SMILES string of the molecule is C[C@H](C(=O)NC(C)(C)C)N(C(=O)C[S@@](=O)CC(=O)Nc1ccc(F)cc1)C1CCCCC1. The topological polar surface area (TPSA) is 95.6 Å². The van der Waals surface area contributed by atoms with Crippen molar-refractivity contribution in [2.45, 2.75) is 77.4 Å². The van der Waals surface area contributed by atoms with Crippen LogP contribution in [0, 0.1) is 5.82 Å². The summed E-state index contributed by atoms with van der Waals surface area (Å²) in [5.74, 6) is -2.28. The van der Waals surface area contributed by atoms with E-state index in [1.807, 2.05) is 20.8 Å². The molecule has 0 aromatic heterocycles. The minimum atomic E-state index is -1.74. The fraction of sp³-hybridized carbons (Fsp3) is 0.609. The summed E-state index contributed by atoms with van der Waals surface area (Å²) in [7, 11) is -1.74. The predicted molar refractivity (Wildman–Crippen MR) is 124 cm³/mol. The minimum Gasteiger partial charge on any atom is -0.350 e. The van der Waals surface area contributed by atoms with Gasteiger partial charge in [0.05, 0.1) is 0 Å². The van der Waals surface area contributed by atoms with Gasteiger partial charge in [0.2, 0.25) is 17.7 Å². The number of carbonyl (C=O) groups excluding carboxylic acids is 3. The highest BCUT2D eigenvalue weighted by Crippen LogP contribution is 2.25. The Kier molecular flexibility index (Phi) is 9.36. The fourth-order valence-electron chi connectivity index (χ4n) is 3.84. The minimum absolute atomic E-state index is 0.0815. The maximum absolute atomic E-state index is 13.1. The van der Waals surface area contributed by atoms with Crippen LogP contribution in [-0.4, -0.2) is 56.0 Å². The van der Waals surface area contributed by atoms with Gasteiger partial charge in [0.15, 0.2) is 0 Å². The molecular formula is C23H34FN3O4S. The van der Waals surface area contributed by atoms with Crippen LogP contribution < -0.4 is 10.6 Å². The fourth-order valence-corrected chi connectivity index (χ4v) is 4.73. The molecule has 2 rings (SSSR count). The molecule has 0 heterocycles. The number of hydrogen-bond acceptors (Lipinski definition) is 4. The third kappa shape index (κ3) is 8.33. The van der Waals surface area contributed by atoms with Gasteiger partial charge in [-0.3, -0.25) is 18.6 Å². The highest BCUT2D eigenvalue weighted by molar-refractivity contribution is 7.86. The Labute approximate surface area is 192 Å². The molecule has 2 atom stereocenters. The Morgan fingerprint density at radius 2 is 1.69 bits per heavy atom. The van der Waals surface area contributed by atoms with Gasteiger partial charge < -0.3 is 15.5 Å². The van der Waals surface area contributed by atoms with Gasteiger partial charge in [-0.25, -0.2) is 4.39 Å². The molecule has 1 aromatic rings. The first kappa shape index (κ1) is 26.0. The van der Waals surface area contributed by atoms with Crippen molar-refractivity contribution in [3.8, 4) is 0 Å². The van der Waals surface area contributed by atoms with E-state index in [1.54, 1.807) is 11.8 Å². The first-order valence-corrected chi connectivity index (χ1v) is 12.5. The summed E-state index contributed by atoms with van der Waals surface area (Å²) in [5.41, 5.74) is -0.0514. The zero-order chi connectivity index (χ0) is 23.9. The van der Waals surface area contributed by atoms with E-state index >= 15 is 0 Å². The van der Waals surface area contributed by atoms with Gasteiger partial charge in [-0.15, -0.1) is 0 Å². The van der Waals surface area contributed by atoms with E-state index in [1.165, 1.54) is 24.3 Å². The average Bonchev–Trinajstić information content (AvgIpc) is 2.69. The second-order valence-electron chi connectivity index (χ2n) is 9.29. The maximum Gasteiger partial charge on any atom is 0.242 e. The van der Waals surface area contributed by atoms with Gasteiger partial charge in [-0.1, -0.05) is 19.3 Å². The Balaban J connectivity index is 2.02. The van der Waals surface area contributed by atoms with Gasteiger partial charge in [-0.2, -0.15) is 0 Å². The van der Waals surface area contributed by atoms with Crippen LogP contribution in [0.2, 0.25) is 0 Å². The number of halogens is 1. The molecule has 0 saturated heterocycles. The quantitative estimate of drug-likeness (QED) is 0.614. The summed E-state index contributed by atoms with van der Waals surface area (Å²) in [6.07, 6.45) is 4.65. The standard InChI is InChI=1S/C23H34FN3O4S/c1-16(22(30)26-23(2,3)4)27(19-8-6-5-7-9-19)21(29)15-32(31)14-20(28)25-18-12-10-17(24)11-13-18/h10-13,16,19H,5-9,14-15H2,1-4H3,(H,25,28)(H,26,30)/t16-,32+/m1/s1. The molecule has 1 aromatic carbocycles. The molecule has 178 valence electrons. The Morgan fingerprint density at radius 3 is 2.25 bits per heavy atom. The Hall–Kier alpha value is -2.29. The molecule has 1 fully saturated rings. The summed E-state index contributed by atoms with van der Waals surface area (Å²) in [4.78, 5) is 39.6. The number of nitrogens with zero attached hydrogens (tertiary/aromatic N) is 1. The van der Waals surface area contributed by atoms with E-state index < -0.39 is 34.1 Å². The van der Waals surface area contributed by atoms with E-state index in [9.17, 15) is 23.0 Å². The lowest BCUT2D eigenvalue weighted by Gasteiger charge is -2.39. The van der Waals surface area contributed by atoms with E-state index in [4.69, 9.17) is 0 Å². The molecule has 2 N–H and O–H groups in total. The first-order valence-electron chi connectivity index (χ1n) is 11.0. The van der Waals surface area contributed by atoms with E-state index in [0.29, 0.717) is 5.69 Å². The largest absolute Gasteiger partial charge is 0.350 e. The first-order chi connectivity index (χ1) is 15.0. The van der Waals surface area contributed by atoms with Crippen LogP contribution >= 0.6 is 0 Å². The van der Waals surface area contributed by atoms with Crippen molar-refractivity contribution in [2.24, 2.45) is 0 Å². The maximum atomic E-state index is 13.1. The predicted octanol–water partition coefficient (Wildman–Crippen LogP) is 2.98. The lowest BCUT2D eigenvalue weighted by atomic mass is 9.93. The molecule has 1 aliphatic carbocycles. The summed E-state index contributed by atoms with van der Waals surface area (Å²) in [6.45, 7) is 7.31. The molecule has 0 spiro atoms. The highest BCUT2D eigenvalue weighted by atomic mass is 32.2. The number of benzene rings is 1. The third-order valence-corrected chi connectivity index (χ3v) is 6.41. The smallest absolute Gasteiger partial charge is 0.242 e. The number of nitrogens with one attached hydrogen (secondary N) is 2. The molecule has 1 aliphatic rings. The van der Waals surface area contributed by atoms with Gasteiger partial charge in [0.25, 0.3) is 0 Å². The molecule has 32 heavy (non-hydrogen) atoms. The van der Waals surface area contributed by atoms with Crippen LogP contribution in [0.4, 0.5) is 10.1 Å². The zero-order valence-corrected chi connectivity index (χ0v) is 20.1. The average molecular weight is 468 g/mol. The van der Waals surface area contributed by atoms with Crippen LogP contribution in [0.5, 0.6) is 0 Å². The lowest BCUT2D eigenvalue weighted by molar-refractivity contribution is -0.142. The second kappa shape index (κ2) is 11.5. The lowest BCUT2D eigenvalue weighted by Crippen LogP contribution is -2.56. The highest BCUT2D eigenvalue weighted by Gasteiger charge is 2.34. The molecule has 0 bridgehead atoms. The molecule has 0 aliphatic heterocycles. The van der Waals surface area contributed by atoms with Crippen molar-refractivity contribution in [1.29, 1.82) is 0 Å². The van der Waals surface area contributed by atoms with Crippen molar-refractivity contribution in [2.75, 3.05) is 16.8 Å². The summed E-state index contributed by atoms with van der Waals surface area (Å²) >= 11 is 0. The van der Waals surface area contributed by atoms with Crippen molar-refractivity contribution < 1.29 is 23.0 Å². The summed E-state index contributed by atoms with van der Waals surface area (Å²) in [6, 6.07) is 4.45. The van der Waals surface area contributed by atoms with Crippen LogP contribution in [0.3, 0.4) is 0 Å². The molecule has 9 heteroatoms. The van der Waals surface area contributed by atoms with Gasteiger partial charge in [0.1, 0.15) is 23.4 Å². The van der Waals surface area contributed by atoms with E-state index in [2.05, 4.69) is 10.6 Å². The number of rotatable bonds is 8. The molecule has 7 nitrogen and oxygen atoms in total. The normalized spacial score (nSPS) is 16.7. The van der Waals surface area contributed by atoms with Crippen LogP contribution in [-0.2, 0) is 25.2 Å². The summed E-state index contributed by atoms with van der Waals surface area (Å²) < 4.78 is 25.5. The van der Waals surface area contributed by atoms with Crippen molar-refractivity contribution in [3.63, 3.8) is 0 Å². The Morgan fingerprint density at radius 1 is 1.09 bits per heavy atom. The van der Waals surface area contributed by atoms with E-state index in [-0.39, 0.29) is 29.4 Å². The Bertz CT molecular complexity index is 833. The number of anilines is 1. The molecule has 3 amide bonds. The third-order valence-electron chi connectivity index (χ3n) is 5.26. The second-order valence-corrected chi connectivity index (χ2v) is 10.7. The van der Waals surface area contributed by atoms with Gasteiger partial charge in [0, 0.05) is 28.1 Å².